The SMILES string of the molecule is O=S(=O)(c1cccc(Br)c1)N(CC(F)(F)F)S(=O)(=O)c1cccc(Br)c1. The Kier molecular flexibility index (Phi) is 6.23. The minimum atomic E-state index is -5.07. The van der Waals surface area contributed by atoms with Gasteiger partial charge in [-0.2, -0.15) is 13.2 Å². The third-order valence-corrected chi connectivity index (χ3v) is 8.23. The number of sulfonamides is 2. The van der Waals surface area contributed by atoms with Crippen LogP contribution in [-0.4, -0.2) is 33.3 Å². The summed E-state index contributed by atoms with van der Waals surface area (Å²) in [6.45, 7) is -2.18. The fourth-order valence-electron chi connectivity index (χ4n) is 1.94. The number of nitrogens with zero attached hydrogens (tertiary/aromatic N) is 1. The second-order valence-corrected chi connectivity index (χ2v) is 10.8. The molecule has 0 aliphatic carbocycles. The van der Waals surface area contributed by atoms with E-state index in [9.17, 15) is 30.0 Å². The summed E-state index contributed by atoms with van der Waals surface area (Å²) in [7, 11) is -9.99. The maximum absolute atomic E-state index is 13.0. The van der Waals surface area contributed by atoms with Crippen molar-refractivity contribution in [2.45, 2.75) is 16.0 Å². The number of alkyl halides is 3. The zero-order chi connectivity index (χ0) is 19.8. The normalized spacial score (nSPS) is 13.2. The Morgan fingerprint density at radius 1 is 0.808 bits per heavy atom. The standard InChI is InChI=1S/C14H10Br2F3NO4S2/c15-10-3-1-5-12(7-10)25(21,22)20(9-14(17,18)19)26(23,24)13-6-2-4-11(16)8-13/h1-8H,9H2. The van der Waals surface area contributed by atoms with Crippen molar-refractivity contribution >= 4 is 51.9 Å². The van der Waals surface area contributed by atoms with Gasteiger partial charge in [0.1, 0.15) is 6.54 Å². The van der Waals surface area contributed by atoms with Gasteiger partial charge in [0.2, 0.25) is 0 Å². The molecule has 2 aromatic rings. The zero-order valence-corrected chi connectivity index (χ0v) is 17.4. The summed E-state index contributed by atoms with van der Waals surface area (Å²) < 4.78 is 89.6. The lowest BCUT2D eigenvalue weighted by atomic mass is 10.4. The molecule has 0 aliphatic rings. The number of benzene rings is 2. The lowest BCUT2D eigenvalue weighted by Crippen LogP contribution is -2.43. The molecule has 0 bridgehead atoms. The van der Waals surface area contributed by atoms with E-state index in [4.69, 9.17) is 0 Å². The highest BCUT2D eigenvalue weighted by atomic mass is 79.9. The van der Waals surface area contributed by atoms with E-state index >= 15 is 0 Å². The molecule has 0 amide bonds. The first-order valence-electron chi connectivity index (χ1n) is 6.70. The molecule has 5 nitrogen and oxygen atoms in total. The largest absolute Gasteiger partial charge is 0.403 e. The number of halogens is 5. The van der Waals surface area contributed by atoms with E-state index in [1.165, 1.54) is 24.3 Å². The molecule has 0 spiro atoms. The van der Waals surface area contributed by atoms with Gasteiger partial charge in [0.25, 0.3) is 20.0 Å². The van der Waals surface area contributed by atoms with Gasteiger partial charge in [-0.15, -0.1) is 0 Å². The van der Waals surface area contributed by atoms with Gasteiger partial charge in [0, 0.05) is 8.95 Å². The van der Waals surface area contributed by atoms with Crippen molar-refractivity contribution in [3.63, 3.8) is 0 Å². The van der Waals surface area contributed by atoms with Crippen LogP contribution in [0.15, 0.2) is 67.3 Å². The van der Waals surface area contributed by atoms with Crippen molar-refractivity contribution < 1.29 is 30.0 Å². The summed E-state index contributed by atoms with van der Waals surface area (Å²) in [5, 5.41) is 0. The minimum absolute atomic E-state index is 0.269. The van der Waals surface area contributed by atoms with Crippen LogP contribution in [0.25, 0.3) is 0 Å². The lowest BCUT2D eigenvalue weighted by Gasteiger charge is -2.23. The fourth-order valence-corrected chi connectivity index (χ4v) is 6.74. The van der Waals surface area contributed by atoms with Crippen LogP contribution in [0.1, 0.15) is 0 Å². The zero-order valence-electron chi connectivity index (χ0n) is 12.6. The van der Waals surface area contributed by atoms with E-state index in [0.717, 1.165) is 24.3 Å². The van der Waals surface area contributed by atoms with Crippen molar-refractivity contribution in [1.29, 1.82) is 0 Å². The van der Waals surface area contributed by atoms with Crippen LogP contribution in [0, 0.1) is 0 Å². The number of hydrogen-bond acceptors (Lipinski definition) is 4. The Morgan fingerprint density at radius 2 is 1.19 bits per heavy atom. The second-order valence-electron chi connectivity index (χ2n) is 4.97. The summed E-state index contributed by atoms with van der Waals surface area (Å²) >= 11 is 6.02. The minimum Gasteiger partial charge on any atom is -0.206 e. The third kappa shape index (κ3) is 4.85. The van der Waals surface area contributed by atoms with Gasteiger partial charge in [-0.05, 0) is 36.4 Å². The van der Waals surface area contributed by atoms with E-state index in [1.807, 2.05) is 0 Å². The fraction of sp³-hybridized carbons (Fsp3) is 0.143. The molecular weight excluding hydrogens is 527 g/mol. The van der Waals surface area contributed by atoms with Crippen molar-refractivity contribution in [1.82, 2.24) is 3.71 Å². The summed E-state index contributed by atoms with van der Waals surface area (Å²) in [6.07, 6.45) is -5.07. The van der Waals surface area contributed by atoms with Gasteiger partial charge in [-0.3, -0.25) is 0 Å². The average Bonchev–Trinajstić information content (AvgIpc) is 2.51. The first-order chi connectivity index (χ1) is 11.8. The Bertz CT molecular complexity index is 949. The molecule has 2 aromatic carbocycles. The van der Waals surface area contributed by atoms with Crippen molar-refractivity contribution in [2.75, 3.05) is 6.54 Å². The van der Waals surface area contributed by atoms with Crippen molar-refractivity contribution in [3.8, 4) is 0 Å². The lowest BCUT2D eigenvalue weighted by molar-refractivity contribution is -0.129. The van der Waals surface area contributed by atoms with Gasteiger partial charge in [-0.1, -0.05) is 47.7 Å². The Labute approximate surface area is 165 Å². The highest BCUT2D eigenvalue weighted by Crippen LogP contribution is 2.30. The Morgan fingerprint density at radius 3 is 1.50 bits per heavy atom. The van der Waals surface area contributed by atoms with E-state index in [0.29, 0.717) is 0 Å². The second kappa shape index (κ2) is 7.58. The van der Waals surface area contributed by atoms with Gasteiger partial charge in [-0.25, -0.2) is 16.8 Å². The summed E-state index contributed by atoms with van der Waals surface area (Å²) in [4.78, 5) is -1.18. The highest BCUT2D eigenvalue weighted by Gasteiger charge is 2.44. The van der Waals surface area contributed by atoms with Crippen molar-refractivity contribution in [3.05, 3.63) is 57.5 Å². The van der Waals surface area contributed by atoms with Gasteiger partial charge in [0.15, 0.2) is 0 Å². The molecule has 2 rings (SSSR count). The first kappa shape index (κ1) is 21.4. The van der Waals surface area contributed by atoms with E-state index in [-0.39, 0.29) is 8.95 Å². The molecular formula is C14H10Br2F3NO4S2. The molecule has 0 saturated heterocycles. The van der Waals surface area contributed by atoms with Crippen molar-refractivity contribution in [2.24, 2.45) is 0 Å². The average molecular weight is 537 g/mol. The molecule has 0 radical (unpaired) electrons. The Balaban J connectivity index is 2.67. The predicted molar refractivity (Wildman–Crippen MR) is 95.4 cm³/mol. The maximum atomic E-state index is 13.0. The first-order valence-corrected chi connectivity index (χ1v) is 11.2. The molecule has 0 heterocycles. The van der Waals surface area contributed by atoms with E-state index in [2.05, 4.69) is 31.9 Å². The molecule has 26 heavy (non-hydrogen) atoms. The molecule has 0 atom stereocenters. The summed E-state index contributed by atoms with van der Waals surface area (Å²) in [5.41, 5.74) is 0. The molecule has 0 aromatic heterocycles. The Hall–Kier alpha value is -0.950. The quantitative estimate of drug-likeness (QED) is 0.575. The van der Waals surface area contributed by atoms with Crippen LogP contribution >= 0.6 is 31.9 Å². The van der Waals surface area contributed by atoms with Crippen LogP contribution < -0.4 is 0 Å². The topological polar surface area (TPSA) is 71.5 Å². The molecule has 0 N–H and O–H groups in total. The summed E-state index contributed by atoms with van der Waals surface area (Å²) in [5.74, 6) is 0. The van der Waals surface area contributed by atoms with Gasteiger partial charge < -0.3 is 0 Å². The molecule has 0 aliphatic heterocycles. The molecule has 0 saturated carbocycles. The number of hydrogen-bond donors (Lipinski definition) is 0. The molecule has 12 heteroatoms. The molecule has 142 valence electrons. The monoisotopic (exact) mass is 535 g/mol. The smallest absolute Gasteiger partial charge is 0.206 e. The van der Waals surface area contributed by atoms with E-state index < -0.39 is 46.3 Å². The third-order valence-electron chi connectivity index (χ3n) is 3.03. The van der Waals surface area contributed by atoms with Gasteiger partial charge >= 0.3 is 6.18 Å². The maximum Gasteiger partial charge on any atom is 0.403 e. The highest BCUT2D eigenvalue weighted by molar-refractivity contribution is 9.10. The van der Waals surface area contributed by atoms with Gasteiger partial charge in [0.05, 0.1) is 9.79 Å². The number of rotatable bonds is 5. The molecule has 0 unspecified atom stereocenters. The van der Waals surface area contributed by atoms with Crippen LogP contribution in [0.2, 0.25) is 0 Å². The van der Waals surface area contributed by atoms with Crippen LogP contribution in [0.3, 0.4) is 0 Å². The van der Waals surface area contributed by atoms with Crippen LogP contribution in [-0.2, 0) is 20.0 Å². The van der Waals surface area contributed by atoms with Crippen LogP contribution in [0.5, 0.6) is 0 Å². The molecule has 0 fully saturated rings. The predicted octanol–water partition coefficient (Wildman–Crippen LogP) is 4.15. The summed E-state index contributed by atoms with van der Waals surface area (Å²) in [6, 6.07) is 9.53. The van der Waals surface area contributed by atoms with E-state index in [1.54, 1.807) is 0 Å². The van der Waals surface area contributed by atoms with Crippen LogP contribution in [0.4, 0.5) is 13.2 Å².